The van der Waals surface area contributed by atoms with E-state index in [9.17, 15) is 9.59 Å². The number of halogens is 1. The van der Waals surface area contributed by atoms with Crippen molar-refractivity contribution in [1.29, 1.82) is 0 Å². The molecule has 170 valence electrons. The van der Waals surface area contributed by atoms with Crippen molar-refractivity contribution in [1.82, 2.24) is 4.90 Å². The van der Waals surface area contributed by atoms with Crippen molar-refractivity contribution in [3.63, 3.8) is 0 Å². The quantitative estimate of drug-likeness (QED) is 0.426. The maximum atomic E-state index is 13.4. The van der Waals surface area contributed by atoms with Gasteiger partial charge in [0.05, 0.1) is 24.5 Å². The summed E-state index contributed by atoms with van der Waals surface area (Å²) in [5, 5.41) is 3.62. The van der Waals surface area contributed by atoms with E-state index in [1.54, 1.807) is 18.2 Å². The van der Waals surface area contributed by atoms with Crippen molar-refractivity contribution in [2.24, 2.45) is 0 Å². The Bertz CT molecular complexity index is 1060. The standard InChI is InChI=1S/C25H29ClN2O4/c1-15(2)32-12-6-11-28-24(29)22(18-8-7-16(3)17(4)13-18)23(25(28)30)27-20-14-19(26)9-10-21(20)31-5/h7-10,13-15,27H,6,11-12H2,1-5H3. The Morgan fingerprint density at radius 1 is 1.03 bits per heavy atom. The number of carbonyl (C=O) groups is 2. The number of aryl methyl sites for hydroxylation is 2. The van der Waals surface area contributed by atoms with Gasteiger partial charge in [0.15, 0.2) is 0 Å². The van der Waals surface area contributed by atoms with E-state index in [1.165, 1.54) is 12.0 Å². The lowest BCUT2D eigenvalue weighted by Crippen LogP contribution is -2.34. The van der Waals surface area contributed by atoms with Crippen LogP contribution >= 0.6 is 11.6 Å². The molecule has 1 heterocycles. The molecular formula is C25H29ClN2O4. The van der Waals surface area contributed by atoms with Gasteiger partial charge in [0.2, 0.25) is 0 Å². The summed E-state index contributed by atoms with van der Waals surface area (Å²) < 4.78 is 11.0. The largest absolute Gasteiger partial charge is 0.495 e. The van der Waals surface area contributed by atoms with Crippen molar-refractivity contribution in [3.05, 3.63) is 63.8 Å². The van der Waals surface area contributed by atoms with Gasteiger partial charge >= 0.3 is 0 Å². The maximum absolute atomic E-state index is 13.4. The van der Waals surface area contributed by atoms with Gasteiger partial charge < -0.3 is 14.8 Å². The van der Waals surface area contributed by atoms with Crippen LogP contribution in [0.5, 0.6) is 5.75 Å². The first-order valence-electron chi connectivity index (χ1n) is 10.6. The van der Waals surface area contributed by atoms with Crippen LogP contribution in [0.15, 0.2) is 42.1 Å². The first kappa shape index (κ1) is 23.8. The summed E-state index contributed by atoms with van der Waals surface area (Å²) in [6.07, 6.45) is 0.653. The molecule has 0 bridgehead atoms. The highest BCUT2D eigenvalue weighted by Gasteiger charge is 2.39. The van der Waals surface area contributed by atoms with Gasteiger partial charge in [-0.2, -0.15) is 0 Å². The van der Waals surface area contributed by atoms with E-state index in [4.69, 9.17) is 21.1 Å². The van der Waals surface area contributed by atoms with Crippen LogP contribution in [0.4, 0.5) is 5.69 Å². The van der Waals surface area contributed by atoms with Crippen molar-refractivity contribution in [3.8, 4) is 5.75 Å². The summed E-state index contributed by atoms with van der Waals surface area (Å²) >= 11 is 6.17. The van der Waals surface area contributed by atoms with Gasteiger partial charge in [-0.3, -0.25) is 14.5 Å². The first-order chi connectivity index (χ1) is 15.2. The molecule has 2 amide bonds. The topological polar surface area (TPSA) is 67.9 Å². The molecule has 0 spiro atoms. The highest BCUT2D eigenvalue weighted by atomic mass is 35.5. The molecule has 32 heavy (non-hydrogen) atoms. The normalized spacial score (nSPS) is 14.0. The summed E-state index contributed by atoms with van der Waals surface area (Å²) in [6, 6.07) is 10.8. The minimum atomic E-state index is -0.380. The smallest absolute Gasteiger partial charge is 0.278 e. The molecule has 0 saturated carbocycles. The van der Waals surface area contributed by atoms with E-state index in [0.717, 1.165) is 11.1 Å². The average molecular weight is 457 g/mol. The molecule has 3 rings (SSSR count). The SMILES string of the molecule is COc1ccc(Cl)cc1NC1=C(c2ccc(C)c(C)c2)C(=O)N(CCCOC(C)C)C1=O. The third-order valence-electron chi connectivity index (χ3n) is 5.36. The second kappa shape index (κ2) is 10.2. The van der Waals surface area contributed by atoms with Crippen LogP contribution in [0.3, 0.4) is 0 Å². The molecule has 2 aromatic carbocycles. The number of imide groups is 1. The van der Waals surface area contributed by atoms with E-state index in [2.05, 4.69) is 5.32 Å². The molecule has 0 aliphatic carbocycles. The average Bonchev–Trinajstić information content (AvgIpc) is 2.97. The summed E-state index contributed by atoms with van der Waals surface area (Å²) in [5.74, 6) is -0.188. The highest BCUT2D eigenvalue weighted by molar-refractivity contribution is 6.36. The summed E-state index contributed by atoms with van der Waals surface area (Å²) in [4.78, 5) is 28.0. The maximum Gasteiger partial charge on any atom is 0.278 e. The van der Waals surface area contributed by atoms with Gasteiger partial charge in [-0.25, -0.2) is 0 Å². The van der Waals surface area contributed by atoms with E-state index in [0.29, 0.717) is 40.6 Å². The third kappa shape index (κ3) is 5.14. The van der Waals surface area contributed by atoms with Gasteiger partial charge in [-0.15, -0.1) is 0 Å². The molecule has 0 saturated heterocycles. The van der Waals surface area contributed by atoms with E-state index >= 15 is 0 Å². The van der Waals surface area contributed by atoms with Crippen LogP contribution in [-0.4, -0.2) is 43.1 Å². The molecule has 0 radical (unpaired) electrons. The molecule has 7 heteroatoms. The molecule has 2 aromatic rings. The number of hydrogen-bond donors (Lipinski definition) is 1. The number of methoxy groups -OCH3 is 1. The summed E-state index contributed by atoms with van der Waals surface area (Å²) in [5.41, 5.74) is 3.91. The Labute approximate surface area is 194 Å². The lowest BCUT2D eigenvalue weighted by Gasteiger charge is -2.16. The number of amides is 2. The number of nitrogens with one attached hydrogen (secondary N) is 1. The number of hydrogen-bond acceptors (Lipinski definition) is 5. The van der Waals surface area contributed by atoms with E-state index < -0.39 is 0 Å². The van der Waals surface area contributed by atoms with Crippen LogP contribution < -0.4 is 10.1 Å². The van der Waals surface area contributed by atoms with Crippen LogP contribution in [0.2, 0.25) is 5.02 Å². The minimum Gasteiger partial charge on any atom is -0.495 e. The molecule has 0 unspecified atom stereocenters. The first-order valence-corrected chi connectivity index (χ1v) is 11.0. The Balaban J connectivity index is 1.99. The molecule has 1 aliphatic rings. The monoisotopic (exact) mass is 456 g/mol. The van der Waals surface area contributed by atoms with Crippen LogP contribution in [0, 0.1) is 13.8 Å². The van der Waals surface area contributed by atoms with E-state index in [1.807, 2.05) is 45.9 Å². The van der Waals surface area contributed by atoms with Crippen LogP contribution in [0.25, 0.3) is 5.57 Å². The Kier molecular flexibility index (Phi) is 7.59. The van der Waals surface area contributed by atoms with Crippen molar-refractivity contribution < 1.29 is 19.1 Å². The van der Waals surface area contributed by atoms with E-state index in [-0.39, 0.29) is 30.2 Å². The fraction of sp³-hybridized carbons (Fsp3) is 0.360. The van der Waals surface area contributed by atoms with Gasteiger partial charge in [0.25, 0.3) is 11.8 Å². The van der Waals surface area contributed by atoms with Gasteiger partial charge in [-0.1, -0.05) is 29.8 Å². The number of carbonyl (C=O) groups excluding carboxylic acids is 2. The fourth-order valence-corrected chi connectivity index (χ4v) is 3.69. The fourth-order valence-electron chi connectivity index (χ4n) is 3.51. The number of nitrogens with zero attached hydrogens (tertiary/aromatic N) is 1. The zero-order valence-corrected chi connectivity index (χ0v) is 19.9. The van der Waals surface area contributed by atoms with Gasteiger partial charge in [0, 0.05) is 18.2 Å². The highest BCUT2D eigenvalue weighted by Crippen LogP contribution is 2.35. The molecule has 1 aliphatic heterocycles. The number of anilines is 1. The second-order valence-electron chi connectivity index (χ2n) is 8.05. The molecular weight excluding hydrogens is 428 g/mol. The van der Waals surface area contributed by atoms with Crippen molar-refractivity contribution in [2.45, 2.75) is 40.2 Å². The summed E-state index contributed by atoms with van der Waals surface area (Å²) in [7, 11) is 1.54. The van der Waals surface area contributed by atoms with Crippen LogP contribution in [0.1, 0.15) is 37.0 Å². The predicted octanol–water partition coefficient (Wildman–Crippen LogP) is 4.97. The predicted molar refractivity (Wildman–Crippen MR) is 127 cm³/mol. The number of benzene rings is 2. The van der Waals surface area contributed by atoms with Crippen molar-refractivity contribution >= 4 is 34.7 Å². The Morgan fingerprint density at radius 3 is 2.44 bits per heavy atom. The molecule has 0 atom stereocenters. The van der Waals surface area contributed by atoms with Crippen molar-refractivity contribution in [2.75, 3.05) is 25.6 Å². The Hall–Kier alpha value is -2.83. The summed E-state index contributed by atoms with van der Waals surface area (Å²) in [6.45, 7) is 8.63. The second-order valence-corrected chi connectivity index (χ2v) is 8.49. The minimum absolute atomic E-state index is 0.0942. The molecule has 1 N–H and O–H groups in total. The molecule has 6 nitrogen and oxygen atoms in total. The third-order valence-corrected chi connectivity index (χ3v) is 5.60. The zero-order valence-electron chi connectivity index (χ0n) is 19.1. The lowest BCUT2D eigenvalue weighted by molar-refractivity contribution is -0.137. The molecule has 0 fully saturated rings. The molecule has 0 aromatic heterocycles. The Morgan fingerprint density at radius 2 is 1.78 bits per heavy atom. The number of rotatable bonds is 9. The number of ether oxygens (including phenoxy) is 2. The van der Waals surface area contributed by atoms with Gasteiger partial charge in [0.1, 0.15) is 11.4 Å². The zero-order chi connectivity index (χ0) is 23.4. The van der Waals surface area contributed by atoms with Crippen LogP contribution in [-0.2, 0) is 14.3 Å². The van der Waals surface area contributed by atoms with Gasteiger partial charge in [-0.05, 0) is 69.0 Å². The lowest BCUT2D eigenvalue weighted by atomic mass is 9.99.